The molecule has 1 unspecified atom stereocenters. The summed E-state index contributed by atoms with van der Waals surface area (Å²) in [5.74, 6) is 0.498. The lowest BCUT2D eigenvalue weighted by atomic mass is 10.0. The number of benzene rings is 1. The number of hydrogen-bond acceptors (Lipinski definition) is 2. The van der Waals surface area contributed by atoms with Gasteiger partial charge in [0.05, 0.1) is 0 Å². The summed E-state index contributed by atoms with van der Waals surface area (Å²) in [6.07, 6.45) is 0.908. The van der Waals surface area contributed by atoms with Crippen LogP contribution in [0.4, 0.5) is 0 Å². The summed E-state index contributed by atoms with van der Waals surface area (Å²) in [6, 6.07) is 5.82. The minimum Gasteiger partial charge on any atom is -0.348 e. The highest BCUT2D eigenvalue weighted by Crippen LogP contribution is 2.16. The summed E-state index contributed by atoms with van der Waals surface area (Å²) in [5, 5.41) is 3.02. The molecule has 1 amide bonds. The minimum absolute atomic E-state index is 0.0258. The topological polar surface area (TPSA) is 55.1 Å². The number of carbonyl (C=O) groups excluding carboxylic acids is 1. The highest BCUT2D eigenvalue weighted by Gasteiger charge is 2.15. The van der Waals surface area contributed by atoms with Gasteiger partial charge >= 0.3 is 0 Å². The molecular weight excluding hydrogens is 339 g/mol. The molecular formula is C14H21IN2O. The van der Waals surface area contributed by atoms with Gasteiger partial charge in [0.15, 0.2) is 0 Å². The van der Waals surface area contributed by atoms with E-state index in [2.05, 4.69) is 41.8 Å². The van der Waals surface area contributed by atoms with Gasteiger partial charge < -0.3 is 11.1 Å². The van der Waals surface area contributed by atoms with Gasteiger partial charge in [0, 0.05) is 21.7 Å². The molecule has 1 atom stereocenters. The van der Waals surface area contributed by atoms with Gasteiger partial charge in [-0.3, -0.25) is 4.79 Å². The van der Waals surface area contributed by atoms with Crippen LogP contribution < -0.4 is 11.1 Å². The zero-order chi connectivity index (χ0) is 13.7. The Morgan fingerprint density at radius 2 is 2.11 bits per heavy atom. The average molecular weight is 360 g/mol. The Bertz CT molecular complexity index is 418. The highest BCUT2D eigenvalue weighted by molar-refractivity contribution is 14.1. The second-order valence-electron chi connectivity index (χ2n) is 4.95. The lowest BCUT2D eigenvalue weighted by molar-refractivity contribution is 0.0933. The van der Waals surface area contributed by atoms with Gasteiger partial charge in [-0.1, -0.05) is 19.9 Å². The van der Waals surface area contributed by atoms with Crippen LogP contribution in [0.15, 0.2) is 18.2 Å². The Hall–Kier alpha value is -0.620. The normalized spacial score (nSPS) is 12.6. The number of hydrogen-bond donors (Lipinski definition) is 2. The van der Waals surface area contributed by atoms with Crippen LogP contribution in [0.2, 0.25) is 0 Å². The maximum absolute atomic E-state index is 12.2. The number of amides is 1. The van der Waals surface area contributed by atoms with E-state index in [0.29, 0.717) is 12.5 Å². The van der Waals surface area contributed by atoms with Gasteiger partial charge in [-0.2, -0.15) is 0 Å². The summed E-state index contributed by atoms with van der Waals surface area (Å²) < 4.78 is 1.11. The van der Waals surface area contributed by atoms with Crippen molar-refractivity contribution in [2.45, 2.75) is 33.2 Å². The van der Waals surface area contributed by atoms with Crippen molar-refractivity contribution < 1.29 is 4.79 Å². The molecule has 3 nitrogen and oxygen atoms in total. The third-order valence-electron chi connectivity index (χ3n) is 2.89. The maximum Gasteiger partial charge on any atom is 0.251 e. The Morgan fingerprint density at radius 3 is 2.67 bits per heavy atom. The number of nitrogens with one attached hydrogen (secondary N) is 1. The van der Waals surface area contributed by atoms with Crippen molar-refractivity contribution in [2.24, 2.45) is 11.7 Å². The van der Waals surface area contributed by atoms with Crippen LogP contribution in [-0.4, -0.2) is 18.5 Å². The van der Waals surface area contributed by atoms with E-state index in [0.717, 1.165) is 21.1 Å². The molecule has 0 radical (unpaired) electrons. The van der Waals surface area contributed by atoms with Crippen molar-refractivity contribution >= 4 is 28.5 Å². The van der Waals surface area contributed by atoms with Gasteiger partial charge in [-0.05, 0) is 59.5 Å². The van der Waals surface area contributed by atoms with Crippen LogP contribution >= 0.6 is 22.6 Å². The zero-order valence-electron chi connectivity index (χ0n) is 11.2. The van der Waals surface area contributed by atoms with E-state index < -0.39 is 0 Å². The summed E-state index contributed by atoms with van der Waals surface area (Å²) in [7, 11) is 0. The fraction of sp³-hybridized carbons (Fsp3) is 0.500. The van der Waals surface area contributed by atoms with Gasteiger partial charge in [0.2, 0.25) is 0 Å². The van der Waals surface area contributed by atoms with Crippen molar-refractivity contribution in [1.82, 2.24) is 5.32 Å². The van der Waals surface area contributed by atoms with Gasteiger partial charge in [0.25, 0.3) is 5.91 Å². The molecule has 0 aliphatic rings. The Balaban J connectivity index is 2.78. The smallest absolute Gasteiger partial charge is 0.251 e. The van der Waals surface area contributed by atoms with Crippen molar-refractivity contribution in [3.63, 3.8) is 0 Å². The van der Waals surface area contributed by atoms with Crippen LogP contribution in [0.3, 0.4) is 0 Å². The second kappa shape index (κ2) is 7.09. The van der Waals surface area contributed by atoms with Gasteiger partial charge in [-0.25, -0.2) is 0 Å². The number of rotatable bonds is 5. The third kappa shape index (κ3) is 4.24. The Kier molecular flexibility index (Phi) is 6.08. The first-order chi connectivity index (χ1) is 8.45. The first-order valence-electron chi connectivity index (χ1n) is 6.21. The second-order valence-corrected chi connectivity index (χ2v) is 6.11. The summed E-state index contributed by atoms with van der Waals surface area (Å²) >= 11 is 2.24. The molecule has 0 aliphatic carbocycles. The van der Waals surface area contributed by atoms with E-state index in [9.17, 15) is 4.79 Å². The molecule has 3 N–H and O–H groups in total. The molecule has 18 heavy (non-hydrogen) atoms. The first-order valence-corrected chi connectivity index (χ1v) is 7.29. The molecule has 1 aromatic rings. The number of nitrogens with two attached hydrogens (primary N) is 1. The molecule has 0 bridgehead atoms. The third-order valence-corrected chi connectivity index (χ3v) is 4.06. The van der Waals surface area contributed by atoms with Crippen LogP contribution in [0.25, 0.3) is 0 Å². The predicted molar refractivity (Wildman–Crippen MR) is 83.7 cm³/mol. The van der Waals surface area contributed by atoms with Crippen LogP contribution in [0.5, 0.6) is 0 Å². The van der Waals surface area contributed by atoms with Gasteiger partial charge in [0.1, 0.15) is 0 Å². The SMILES string of the molecule is Cc1c(I)cccc1C(=O)NC(CN)CC(C)C. The fourth-order valence-corrected chi connectivity index (χ4v) is 2.40. The maximum atomic E-state index is 12.2. The summed E-state index contributed by atoms with van der Waals surface area (Å²) in [5.41, 5.74) is 7.46. The lowest BCUT2D eigenvalue weighted by Crippen LogP contribution is -2.41. The Morgan fingerprint density at radius 1 is 1.44 bits per heavy atom. The largest absolute Gasteiger partial charge is 0.348 e. The molecule has 0 aromatic heterocycles. The number of halogens is 1. The monoisotopic (exact) mass is 360 g/mol. The molecule has 0 saturated carbocycles. The molecule has 100 valence electrons. The summed E-state index contributed by atoms with van der Waals surface area (Å²) in [4.78, 5) is 12.2. The quantitative estimate of drug-likeness (QED) is 0.794. The molecule has 0 saturated heterocycles. The van der Waals surface area contributed by atoms with Gasteiger partial charge in [-0.15, -0.1) is 0 Å². The molecule has 4 heteroatoms. The van der Waals surface area contributed by atoms with E-state index in [1.54, 1.807) is 0 Å². The molecule has 0 fully saturated rings. The molecule has 1 rings (SSSR count). The minimum atomic E-state index is -0.0258. The molecule has 0 aliphatic heterocycles. The van der Waals surface area contributed by atoms with E-state index >= 15 is 0 Å². The molecule has 0 heterocycles. The Labute approximate surface area is 123 Å². The van der Waals surface area contributed by atoms with Crippen molar-refractivity contribution in [2.75, 3.05) is 6.54 Å². The molecule has 1 aromatic carbocycles. The predicted octanol–water partition coefficient (Wildman–Crippen LogP) is 2.70. The van der Waals surface area contributed by atoms with Crippen LogP contribution in [0.1, 0.15) is 36.2 Å². The lowest BCUT2D eigenvalue weighted by Gasteiger charge is -2.19. The van der Waals surface area contributed by atoms with E-state index in [1.165, 1.54) is 0 Å². The average Bonchev–Trinajstić information content (AvgIpc) is 2.31. The molecule has 0 spiro atoms. The zero-order valence-corrected chi connectivity index (χ0v) is 13.3. The fourth-order valence-electron chi connectivity index (χ4n) is 1.90. The standard InChI is InChI=1S/C14H21IN2O/c1-9(2)7-11(8-16)17-14(18)12-5-4-6-13(15)10(12)3/h4-6,9,11H,7-8,16H2,1-3H3,(H,17,18). The van der Waals surface area contributed by atoms with E-state index in [1.807, 2.05) is 25.1 Å². The summed E-state index contributed by atoms with van der Waals surface area (Å²) in [6.45, 7) is 6.71. The van der Waals surface area contributed by atoms with Crippen LogP contribution in [-0.2, 0) is 0 Å². The van der Waals surface area contributed by atoms with Crippen LogP contribution in [0, 0.1) is 16.4 Å². The van der Waals surface area contributed by atoms with Crippen molar-refractivity contribution in [1.29, 1.82) is 0 Å². The van der Waals surface area contributed by atoms with Crippen molar-refractivity contribution in [3.05, 3.63) is 32.9 Å². The van der Waals surface area contributed by atoms with E-state index in [4.69, 9.17) is 5.73 Å². The first kappa shape index (κ1) is 15.4. The van der Waals surface area contributed by atoms with E-state index in [-0.39, 0.29) is 11.9 Å². The number of carbonyl (C=O) groups is 1. The highest BCUT2D eigenvalue weighted by atomic mass is 127. The van der Waals surface area contributed by atoms with Crippen molar-refractivity contribution in [3.8, 4) is 0 Å².